The first-order valence-corrected chi connectivity index (χ1v) is 9.72. The van der Waals surface area contributed by atoms with E-state index in [1.807, 2.05) is 37.5 Å². The Morgan fingerprint density at radius 1 is 1.12 bits per heavy atom. The Hall–Kier alpha value is -2.34. The molecule has 0 atom stereocenters. The normalized spacial score (nSPS) is 11.1. The molecule has 0 saturated heterocycles. The standard InChI is InChI=1S/C20H24N4OS/c1-6-23-16(5)21-22-20(23)26-12-19(25)18-11-14(3)24(15(18)4)17-9-7-8-13(2)10-17/h7-11H,6,12H2,1-5H3. The van der Waals surface area contributed by atoms with Gasteiger partial charge in [0.05, 0.1) is 5.75 Å². The number of nitrogens with zero attached hydrogens (tertiary/aromatic N) is 4. The quantitative estimate of drug-likeness (QED) is 0.481. The van der Waals surface area contributed by atoms with Crippen LogP contribution < -0.4 is 0 Å². The van der Waals surface area contributed by atoms with Crippen LogP contribution >= 0.6 is 11.8 Å². The molecule has 5 nitrogen and oxygen atoms in total. The first-order valence-electron chi connectivity index (χ1n) is 8.74. The number of thioether (sulfide) groups is 1. The summed E-state index contributed by atoms with van der Waals surface area (Å²) in [6.45, 7) is 10.9. The number of hydrogen-bond donors (Lipinski definition) is 0. The van der Waals surface area contributed by atoms with E-state index < -0.39 is 0 Å². The lowest BCUT2D eigenvalue weighted by Crippen LogP contribution is -2.07. The number of benzene rings is 1. The third-order valence-corrected chi connectivity index (χ3v) is 5.51. The molecule has 2 heterocycles. The Morgan fingerprint density at radius 2 is 1.88 bits per heavy atom. The maximum atomic E-state index is 12.8. The van der Waals surface area contributed by atoms with Gasteiger partial charge in [0.25, 0.3) is 0 Å². The van der Waals surface area contributed by atoms with Crippen molar-refractivity contribution in [1.82, 2.24) is 19.3 Å². The summed E-state index contributed by atoms with van der Waals surface area (Å²) in [5, 5.41) is 9.07. The molecule has 0 bridgehead atoms. The first kappa shape index (κ1) is 18.5. The number of aromatic nitrogens is 4. The molecule has 3 rings (SSSR count). The van der Waals surface area contributed by atoms with Gasteiger partial charge in [-0.15, -0.1) is 10.2 Å². The third-order valence-electron chi connectivity index (χ3n) is 4.54. The molecule has 6 heteroatoms. The zero-order valence-electron chi connectivity index (χ0n) is 15.9. The summed E-state index contributed by atoms with van der Waals surface area (Å²) in [6.07, 6.45) is 0. The van der Waals surface area contributed by atoms with E-state index in [-0.39, 0.29) is 5.78 Å². The van der Waals surface area contributed by atoms with Crippen molar-refractivity contribution in [3.63, 3.8) is 0 Å². The topological polar surface area (TPSA) is 52.7 Å². The van der Waals surface area contributed by atoms with Crippen molar-refractivity contribution < 1.29 is 4.79 Å². The number of ketones is 1. The van der Waals surface area contributed by atoms with Gasteiger partial charge in [-0.05, 0) is 58.4 Å². The summed E-state index contributed by atoms with van der Waals surface area (Å²) >= 11 is 1.45. The highest BCUT2D eigenvalue weighted by Crippen LogP contribution is 2.24. The molecule has 0 spiro atoms. The molecule has 0 aliphatic rings. The van der Waals surface area contributed by atoms with E-state index in [0.29, 0.717) is 5.75 Å². The average molecular weight is 369 g/mol. The summed E-state index contributed by atoms with van der Waals surface area (Å²) in [5.74, 6) is 1.35. The minimum Gasteiger partial charge on any atom is -0.318 e. The van der Waals surface area contributed by atoms with E-state index in [9.17, 15) is 4.79 Å². The van der Waals surface area contributed by atoms with Crippen LogP contribution in [0.15, 0.2) is 35.5 Å². The Kier molecular flexibility index (Phi) is 5.32. The van der Waals surface area contributed by atoms with Crippen LogP contribution in [0.4, 0.5) is 0 Å². The van der Waals surface area contributed by atoms with Crippen LogP contribution in [0.25, 0.3) is 5.69 Å². The molecular weight excluding hydrogens is 344 g/mol. The average Bonchev–Trinajstić information content (AvgIpc) is 3.11. The molecule has 26 heavy (non-hydrogen) atoms. The van der Waals surface area contributed by atoms with E-state index in [1.165, 1.54) is 17.3 Å². The van der Waals surface area contributed by atoms with Gasteiger partial charge in [0.1, 0.15) is 5.82 Å². The third kappa shape index (κ3) is 3.46. The van der Waals surface area contributed by atoms with E-state index in [2.05, 4.69) is 46.8 Å². The molecule has 0 amide bonds. The second-order valence-corrected chi connectivity index (χ2v) is 7.39. The lowest BCUT2D eigenvalue weighted by atomic mass is 10.2. The Morgan fingerprint density at radius 3 is 2.58 bits per heavy atom. The van der Waals surface area contributed by atoms with Crippen molar-refractivity contribution in [3.8, 4) is 5.69 Å². The summed E-state index contributed by atoms with van der Waals surface area (Å²) in [7, 11) is 0. The van der Waals surface area contributed by atoms with Gasteiger partial charge in [-0.3, -0.25) is 4.79 Å². The number of hydrogen-bond acceptors (Lipinski definition) is 4. The van der Waals surface area contributed by atoms with Crippen LogP contribution in [0.3, 0.4) is 0 Å². The van der Waals surface area contributed by atoms with Crippen molar-refractivity contribution in [1.29, 1.82) is 0 Å². The fraction of sp³-hybridized carbons (Fsp3) is 0.350. The maximum Gasteiger partial charge on any atom is 0.191 e. The largest absolute Gasteiger partial charge is 0.318 e. The van der Waals surface area contributed by atoms with E-state index in [1.54, 1.807) is 0 Å². The van der Waals surface area contributed by atoms with E-state index in [0.717, 1.165) is 40.2 Å². The molecule has 0 N–H and O–H groups in total. The lowest BCUT2D eigenvalue weighted by Gasteiger charge is -2.10. The summed E-state index contributed by atoms with van der Waals surface area (Å²) < 4.78 is 4.16. The fourth-order valence-corrected chi connectivity index (χ4v) is 4.18. The van der Waals surface area contributed by atoms with Crippen LogP contribution in [0.2, 0.25) is 0 Å². The Balaban J connectivity index is 1.83. The minimum atomic E-state index is 0.116. The van der Waals surface area contributed by atoms with Gasteiger partial charge in [0, 0.05) is 29.2 Å². The molecule has 0 unspecified atom stereocenters. The summed E-state index contributed by atoms with van der Waals surface area (Å²) in [6, 6.07) is 10.3. The molecule has 2 aromatic heterocycles. The Bertz CT molecular complexity index is 955. The van der Waals surface area contributed by atoms with Crippen LogP contribution in [-0.4, -0.2) is 30.9 Å². The molecule has 0 saturated carbocycles. The minimum absolute atomic E-state index is 0.116. The first-order chi connectivity index (χ1) is 12.4. The molecule has 0 aliphatic carbocycles. The van der Waals surface area contributed by atoms with Crippen molar-refractivity contribution in [3.05, 3.63) is 58.7 Å². The Labute approximate surface area is 158 Å². The number of carbonyl (C=O) groups excluding carboxylic acids is 1. The number of carbonyl (C=O) groups is 1. The number of rotatable bonds is 6. The molecular formula is C20H24N4OS. The highest BCUT2D eigenvalue weighted by atomic mass is 32.2. The van der Waals surface area contributed by atoms with Crippen molar-refractivity contribution >= 4 is 17.5 Å². The van der Waals surface area contributed by atoms with Crippen molar-refractivity contribution in [2.75, 3.05) is 5.75 Å². The second kappa shape index (κ2) is 7.50. The van der Waals surface area contributed by atoms with Crippen molar-refractivity contribution in [2.24, 2.45) is 0 Å². The molecule has 0 radical (unpaired) electrons. The molecule has 0 fully saturated rings. The lowest BCUT2D eigenvalue weighted by molar-refractivity contribution is 0.102. The van der Waals surface area contributed by atoms with Crippen LogP contribution in [0.1, 0.15) is 40.1 Å². The van der Waals surface area contributed by atoms with Gasteiger partial charge in [-0.2, -0.15) is 0 Å². The van der Waals surface area contributed by atoms with E-state index >= 15 is 0 Å². The monoisotopic (exact) mass is 368 g/mol. The van der Waals surface area contributed by atoms with E-state index in [4.69, 9.17) is 0 Å². The van der Waals surface area contributed by atoms with Crippen LogP contribution in [0.5, 0.6) is 0 Å². The van der Waals surface area contributed by atoms with Gasteiger partial charge in [0.15, 0.2) is 10.9 Å². The van der Waals surface area contributed by atoms with Gasteiger partial charge >= 0.3 is 0 Å². The highest BCUT2D eigenvalue weighted by Gasteiger charge is 2.18. The maximum absolute atomic E-state index is 12.8. The molecule has 136 valence electrons. The van der Waals surface area contributed by atoms with Gasteiger partial charge in [-0.1, -0.05) is 23.9 Å². The second-order valence-electron chi connectivity index (χ2n) is 6.45. The zero-order valence-corrected chi connectivity index (χ0v) is 16.7. The molecule has 1 aromatic carbocycles. The number of aryl methyl sites for hydroxylation is 3. The van der Waals surface area contributed by atoms with Gasteiger partial charge in [0.2, 0.25) is 0 Å². The fourth-order valence-electron chi connectivity index (χ4n) is 3.25. The molecule has 0 aliphatic heterocycles. The van der Waals surface area contributed by atoms with Gasteiger partial charge in [-0.25, -0.2) is 0 Å². The molecule has 3 aromatic rings. The zero-order chi connectivity index (χ0) is 18.8. The number of Topliss-reactive ketones (excluding diaryl/α,β-unsaturated/α-hetero) is 1. The predicted octanol–water partition coefficient (Wildman–Crippen LogP) is 4.30. The van der Waals surface area contributed by atoms with Crippen molar-refractivity contribution in [2.45, 2.75) is 46.3 Å². The predicted molar refractivity (Wildman–Crippen MR) is 105 cm³/mol. The van der Waals surface area contributed by atoms with Crippen LogP contribution in [0, 0.1) is 27.7 Å². The summed E-state index contributed by atoms with van der Waals surface area (Å²) in [4.78, 5) is 12.8. The SMILES string of the molecule is CCn1c(C)nnc1SCC(=O)c1cc(C)n(-c2cccc(C)c2)c1C. The highest BCUT2D eigenvalue weighted by molar-refractivity contribution is 7.99. The van der Waals surface area contributed by atoms with Crippen LogP contribution in [-0.2, 0) is 6.54 Å². The smallest absolute Gasteiger partial charge is 0.191 e. The van der Waals surface area contributed by atoms with Gasteiger partial charge < -0.3 is 9.13 Å². The summed E-state index contributed by atoms with van der Waals surface area (Å²) in [5.41, 5.74) is 5.11.